The van der Waals surface area contributed by atoms with Crippen molar-refractivity contribution in [3.63, 3.8) is 0 Å². The molecule has 1 atom stereocenters. The van der Waals surface area contributed by atoms with Gasteiger partial charge >= 0.3 is 0 Å². The van der Waals surface area contributed by atoms with Crippen LogP contribution in [0.15, 0.2) is 30.5 Å². The number of hydrogen-bond donors (Lipinski definition) is 1. The third-order valence-electron chi connectivity index (χ3n) is 3.92. The zero-order valence-corrected chi connectivity index (χ0v) is 13.5. The standard InChI is InChI=1S/C17H26N4/c1-5-21(13(2)11-20(3)4)12-14-8-9-16(18)15-7-6-10-19-17(14)15/h6-10,13H,5,11-12,18H2,1-4H3. The van der Waals surface area contributed by atoms with Gasteiger partial charge in [-0.3, -0.25) is 9.88 Å². The number of rotatable bonds is 6. The first-order valence-corrected chi connectivity index (χ1v) is 7.53. The second kappa shape index (κ2) is 6.87. The molecule has 1 aromatic carbocycles. The van der Waals surface area contributed by atoms with Crippen molar-refractivity contribution in [1.29, 1.82) is 0 Å². The van der Waals surface area contributed by atoms with Crippen LogP contribution in [-0.4, -0.2) is 48.0 Å². The molecule has 1 aromatic heterocycles. The quantitative estimate of drug-likeness (QED) is 0.829. The summed E-state index contributed by atoms with van der Waals surface area (Å²) < 4.78 is 0. The molecule has 0 amide bonds. The Kier molecular flexibility index (Phi) is 5.15. The predicted molar refractivity (Wildman–Crippen MR) is 90.3 cm³/mol. The normalized spacial score (nSPS) is 13.2. The van der Waals surface area contributed by atoms with Crippen LogP contribution in [0.3, 0.4) is 0 Å². The van der Waals surface area contributed by atoms with Crippen LogP contribution in [0, 0.1) is 0 Å². The van der Waals surface area contributed by atoms with Crippen LogP contribution in [0.2, 0.25) is 0 Å². The van der Waals surface area contributed by atoms with Gasteiger partial charge in [0, 0.05) is 36.4 Å². The molecule has 0 saturated heterocycles. The first-order chi connectivity index (χ1) is 10.0. The SMILES string of the molecule is CCN(Cc1ccc(N)c2cccnc12)C(C)CN(C)C. The van der Waals surface area contributed by atoms with Crippen molar-refractivity contribution in [1.82, 2.24) is 14.8 Å². The molecule has 2 N–H and O–H groups in total. The minimum Gasteiger partial charge on any atom is -0.398 e. The van der Waals surface area contributed by atoms with Gasteiger partial charge in [0.05, 0.1) is 5.52 Å². The number of nitrogens with zero attached hydrogens (tertiary/aromatic N) is 3. The van der Waals surface area contributed by atoms with E-state index < -0.39 is 0 Å². The number of hydrogen-bond acceptors (Lipinski definition) is 4. The Hall–Kier alpha value is -1.65. The van der Waals surface area contributed by atoms with Crippen molar-refractivity contribution >= 4 is 16.6 Å². The van der Waals surface area contributed by atoms with Crippen molar-refractivity contribution in [3.8, 4) is 0 Å². The Balaban J connectivity index is 2.28. The van der Waals surface area contributed by atoms with E-state index in [1.54, 1.807) is 0 Å². The molecule has 0 spiro atoms. The van der Waals surface area contributed by atoms with Crippen molar-refractivity contribution in [3.05, 3.63) is 36.0 Å². The molecule has 114 valence electrons. The molecule has 21 heavy (non-hydrogen) atoms. The molecular weight excluding hydrogens is 260 g/mol. The van der Waals surface area contributed by atoms with E-state index in [1.165, 1.54) is 5.56 Å². The Morgan fingerprint density at radius 2 is 2.00 bits per heavy atom. The van der Waals surface area contributed by atoms with Gasteiger partial charge in [-0.1, -0.05) is 13.0 Å². The van der Waals surface area contributed by atoms with Crippen LogP contribution in [0.5, 0.6) is 0 Å². The summed E-state index contributed by atoms with van der Waals surface area (Å²) in [4.78, 5) is 9.23. The molecule has 1 unspecified atom stereocenters. The van der Waals surface area contributed by atoms with E-state index in [0.717, 1.165) is 36.2 Å². The van der Waals surface area contributed by atoms with E-state index in [0.29, 0.717) is 6.04 Å². The molecule has 0 aliphatic heterocycles. The molecule has 2 rings (SSSR count). The number of likely N-dealkylation sites (N-methyl/N-ethyl adjacent to an activating group) is 2. The first-order valence-electron chi connectivity index (χ1n) is 7.53. The number of aromatic nitrogens is 1. The summed E-state index contributed by atoms with van der Waals surface area (Å²) in [7, 11) is 4.23. The largest absolute Gasteiger partial charge is 0.398 e. The number of benzene rings is 1. The molecule has 0 saturated carbocycles. The van der Waals surface area contributed by atoms with Crippen molar-refractivity contribution < 1.29 is 0 Å². The van der Waals surface area contributed by atoms with E-state index >= 15 is 0 Å². The van der Waals surface area contributed by atoms with Crippen molar-refractivity contribution in [2.75, 3.05) is 32.9 Å². The summed E-state index contributed by atoms with van der Waals surface area (Å²) in [6.45, 7) is 7.46. The zero-order chi connectivity index (χ0) is 15.4. The highest BCUT2D eigenvalue weighted by Crippen LogP contribution is 2.24. The molecule has 2 aromatic rings. The zero-order valence-electron chi connectivity index (χ0n) is 13.5. The maximum absolute atomic E-state index is 6.05. The average Bonchev–Trinajstić information content (AvgIpc) is 2.46. The average molecular weight is 286 g/mol. The van der Waals surface area contributed by atoms with Crippen LogP contribution < -0.4 is 5.73 Å². The molecule has 0 bridgehead atoms. The van der Waals surface area contributed by atoms with Crippen LogP contribution in [0.1, 0.15) is 19.4 Å². The van der Waals surface area contributed by atoms with Gasteiger partial charge < -0.3 is 10.6 Å². The fourth-order valence-electron chi connectivity index (χ4n) is 2.82. The predicted octanol–water partition coefficient (Wildman–Crippen LogP) is 2.59. The summed E-state index contributed by atoms with van der Waals surface area (Å²) in [6, 6.07) is 8.58. The lowest BCUT2D eigenvalue weighted by Gasteiger charge is -2.30. The third kappa shape index (κ3) is 3.71. The second-order valence-corrected chi connectivity index (χ2v) is 5.89. The number of nitrogen functional groups attached to an aromatic ring is 1. The second-order valence-electron chi connectivity index (χ2n) is 5.89. The fraction of sp³-hybridized carbons (Fsp3) is 0.471. The fourth-order valence-corrected chi connectivity index (χ4v) is 2.82. The molecule has 0 fully saturated rings. The Bertz CT molecular complexity index is 594. The lowest BCUT2D eigenvalue weighted by Crippen LogP contribution is -2.39. The number of pyridine rings is 1. The molecule has 1 heterocycles. The molecular formula is C17H26N4. The van der Waals surface area contributed by atoms with Gasteiger partial charge in [0.15, 0.2) is 0 Å². The Morgan fingerprint density at radius 3 is 2.67 bits per heavy atom. The van der Waals surface area contributed by atoms with Gasteiger partial charge in [0.1, 0.15) is 0 Å². The van der Waals surface area contributed by atoms with Crippen LogP contribution >= 0.6 is 0 Å². The van der Waals surface area contributed by atoms with Crippen LogP contribution in [-0.2, 0) is 6.54 Å². The topological polar surface area (TPSA) is 45.4 Å². The molecule has 4 nitrogen and oxygen atoms in total. The van der Waals surface area contributed by atoms with E-state index in [1.807, 2.05) is 24.4 Å². The molecule has 0 aliphatic carbocycles. The monoisotopic (exact) mass is 286 g/mol. The summed E-state index contributed by atoms with van der Waals surface area (Å²) in [6.07, 6.45) is 1.84. The van der Waals surface area contributed by atoms with Crippen molar-refractivity contribution in [2.45, 2.75) is 26.4 Å². The summed E-state index contributed by atoms with van der Waals surface area (Å²) in [5, 5.41) is 1.05. The highest BCUT2D eigenvalue weighted by atomic mass is 15.2. The maximum atomic E-state index is 6.05. The van der Waals surface area contributed by atoms with E-state index in [9.17, 15) is 0 Å². The minimum absolute atomic E-state index is 0.501. The van der Waals surface area contributed by atoms with Crippen LogP contribution in [0.4, 0.5) is 5.69 Å². The lowest BCUT2D eigenvalue weighted by molar-refractivity contribution is 0.175. The number of nitrogens with two attached hydrogens (primary N) is 1. The smallest absolute Gasteiger partial charge is 0.0767 e. The summed E-state index contributed by atoms with van der Waals surface area (Å²) in [5.41, 5.74) is 9.12. The van der Waals surface area contributed by atoms with E-state index in [4.69, 9.17) is 5.73 Å². The Labute approximate surface area is 127 Å². The summed E-state index contributed by atoms with van der Waals surface area (Å²) >= 11 is 0. The highest BCUT2D eigenvalue weighted by Gasteiger charge is 2.15. The van der Waals surface area contributed by atoms with Gasteiger partial charge in [-0.15, -0.1) is 0 Å². The maximum Gasteiger partial charge on any atom is 0.0767 e. The van der Waals surface area contributed by atoms with Gasteiger partial charge in [-0.2, -0.15) is 0 Å². The van der Waals surface area contributed by atoms with Gasteiger partial charge in [-0.05, 0) is 51.3 Å². The number of anilines is 1. The number of fused-ring (bicyclic) bond motifs is 1. The van der Waals surface area contributed by atoms with Crippen LogP contribution in [0.25, 0.3) is 10.9 Å². The molecule has 0 aliphatic rings. The molecule has 0 radical (unpaired) electrons. The van der Waals surface area contributed by atoms with E-state index in [2.05, 4.69) is 48.8 Å². The highest BCUT2D eigenvalue weighted by molar-refractivity contribution is 5.92. The lowest BCUT2D eigenvalue weighted by atomic mass is 10.1. The Morgan fingerprint density at radius 1 is 1.24 bits per heavy atom. The first kappa shape index (κ1) is 15.7. The molecule has 4 heteroatoms. The van der Waals surface area contributed by atoms with Crippen molar-refractivity contribution in [2.24, 2.45) is 0 Å². The summed E-state index contributed by atoms with van der Waals surface area (Å²) in [5.74, 6) is 0. The van der Waals surface area contributed by atoms with Gasteiger partial charge in [0.2, 0.25) is 0 Å². The third-order valence-corrected chi connectivity index (χ3v) is 3.92. The van der Waals surface area contributed by atoms with E-state index in [-0.39, 0.29) is 0 Å². The minimum atomic E-state index is 0.501. The van der Waals surface area contributed by atoms with Gasteiger partial charge in [0.25, 0.3) is 0 Å². The van der Waals surface area contributed by atoms with Gasteiger partial charge in [-0.25, -0.2) is 0 Å².